The normalized spacial score (nSPS) is 11.6. The Bertz CT molecular complexity index is 893. The SMILES string of the molecule is CCCCc1cccc(CCCC)c1[P+](O)(O)c1cccc(-c2ccccc2)c1. The molecule has 3 aromatic carbocycles. The highest BCUT2D eigenvalue weighted by Crippen LogP contribution is 2.50. The fourth-order valence-corrected chi connectivity index (χ4v) is 5.87. The molecule has 0 unspecified atom stereocenters. The standard InChI is InChI=1S/C26H32O2P/c1-3-5-12-22-16-10-17-23(13-6-4-2)26(22)29(27,28)25-19-11-18-24(20-25)21-14-8-7-9-15-21/h7-11,14-20,27-28H,3-6,12-13H2,1-2H3/q+1. The van der Waals surface area contributed by atoms with E-state index in [9.17, 15) is 9.79 Å². The molecule has 3 heteroatoms. The van der Waals surface area contributed by atoms with E-state index in [-0.39, 0.29) is 0 Å². The van der Waals surface area contributed by atoms with Gasteiger partial charge in [-0.1, -0.05) is 87.4 Å². The molecule has 3 aromatic rings. The number of benzene rings is 3. The predicted octanol–water partition coefficient (Wildman–Crippen LogP) is 5.82. The van der Waals surface area contributed by atoms with Crippen molar-refractivity contribution >= 4 is 18.3 Å². The molecule has 0 saturated carbocycles. The lowest BCUT2D eigenvalue weighted by Gasteiger charge is -2.20. The quantitative estimate of drug-likeness (QED) is 0.439. The van der Waals surface area contributed by atoms with E-state index in [0.29, 0.717) is 5.30 Å². The fourth-order valence-electron chi connectivity index (χ4n) is 3.82. The van der Waals surface area contributed by atoms with Gasteiger partial charge in [-0.05, 0) is 48.9 Å². The Kier molecular flexibility index (Phi) is 7.61. The van der Waals surface area contributed by atoms with E-state index < -0.39 is 7.72 Å². The van der Waals surface area contributed by atoms with Crippen molar-refractivity contribution in [2.24, 2.45) is 0 Å². The van der Waals surface area contributed by atoms with Gasteiger partial charge >= 0.3 is 7.72 Å². The van der Waals surface area contributed by atoms with Gasteiger partial charge in [0.05, 0.1) is 0 Å². The van der Waals surface area contributed by atoms with Crippen LogP contribution in [0, 0.1) is 0 Å². The summed E-state index contributed by atoms with van der Waals surface area (Å²) in [6, 6.07) is 24.1. The minimum atomic E-state index is -3.45. The van der Waals surface area contributed by atoms with Crippen LogP contribution in [0.5, 0.6) is 0 Å². The van der Waals surface area contributed by atoms with Crippen LogP contribution in [0.25, 0.3) is 11.1 Å². The molecule has 152 valence electrons. The van der Waals surface area contributed by atoms with Gasteiger partial charge in [0.25, 0.3) is 0 Å². The minimum Gasteiger partial charge on any atom is -0.210 e. The van der Waals surface area contributed by atoms with Crippen LogP contribution in [-0.4, -0.2) is 9.79 Å². The number of rotatable bonds is 9. The maximum Gasteiger partial charge on any atom is 0.333 e. The van der Waals surface area contributed by atoms with Gasteiger partial charge in [-0.2, -0.15) is 0 Å². The average Bonchev–Trinajstić information content (AvgIpc) is 2.76. The first-order valence-corrected chi connectivity index (χ1v) is 12.4. The Morgan fingerprint density at radius 1 is 0.655 bits per heavy atom. The molecule has 0 aliphatic heterocycles. The topological polar surface area (TPSA) is 40.5 Å². The Morgan fingerprint density at radius 2 is 1.21 bits per heavy atom. The molecular weight excluding hydrogens is 375 g/mol. The largest absolute Gasteiger partial charge is 0.333 e. The number of hydrogen-bond acceptors (Lipinski definition) is 2. The van der Waals surface area contributed by atoms with Gasteiger partial charge in [0.15, 0.2) is 10.6 Å². The summed E-state index contributed by atoms with van der Waals surface area (Å²) in [6.07, 6.45) is 6.04. The molecule has 2 nitrogen and oxygen atoms in total. The smallest absolute Gasteiger partial charge is 0.210 e. The summed E-state index contributed by atoms with van der Waals surface area (Å²) in [5.74, 6) is 0. The maximum atomic E-state index is 11.6. The molecule has 29 heavy (non-hydrogen) atoms. The number of hydrogen-bond donors (Lipinski definition) is 2. The zero-order chi connectivity index (χ0) is 20.7. The van der Waals surface area contributed by atoms with Crippen molar-refractivity contribution in [2.75, 3.05) is 0 Å². The molecule has 0 aliphatic rings. The van der Waals surface area contributed by atoms with Gasteiger partial charge in [-0.15, -0.1) is 0 Å². The van der Waals surface area contributed by atoms with Crippen molar-refractivity contribution in [1.29, 1.82) is 0 Å². The molecule has 2 N–H and O–H groups in total. The molecule has 0 amide bonds. The second-order valence-corrected chi connectivity index (χ2v) is 9.82. The van der Waals surface area contributed by atoms with Crippen molar-refractivity contribution in [3.05, 3.63) is 83.9 Å². The molecule has 0 saturated heterocycles. The van der Waals surface area contributed by atoms with Crippen LogP contribution in [-0.2, 0) is 12.8 Å². The monoisotopic (exact) mass is 407 g/mol. The van der Waals surface area contributed by atoms with Crippen molar-refractivity contribution in [3.63, 3.8) is 0 Å². The molecule has 0 spiro atoms. The molecule has 0 fully saturated rings. The molecule has 0 heterocycles. The van der Waals surface area contributed by atoms with E-state index in [1.165, 1.54) is 0 Å². The zero-order valence-electron chi connectivity index (χ0n) is 17.5. The van der Waals surface area contributed by atoms with E-state index in [2.05, 4.69) is 44.2 Å². The van der Waals surface area contributed by atoms with E-state index in [0.717, 1.165) is 66.1 Å². The third kappa shape index (κ3) is 5.14. The van der Waals surface area contributed by atoms with Gasteiger partial charge in [0, 0.05) is 11.1 Å². The number of unbranched alkanes of at least 4 members (excludes halogenated alkanes) is 2. The molecule has 0 aromatic heterocycles. The summed E-state index contributed by atoms with van der Waals surface area (Å²) in [7, 11) is -3.45. The van der Waals surface area contributed by atoms with Gasteiger partial charge in [0.2, 0.25) is 0 Å². The van der Waals surface area contributed by atoms with E-state index in [1.807, 2.05) is 42.5 Å². The van der Waals surface area contributed by atoms with Crippen LogP contribution >= 0.6 is 7.72 Å². The lowest BCUT2D eigenvalue weighted by atomic mass is 10.0. The van der Waals surface area contributed by atoms with Gasteiger partial charge < -0.3 is 0 Å². The van der Waals surface area contributed by atoms with Crippen molar-refractivity contribution < 1.29 is 9.79 Å². The summed E-state index contributed by atoms with van der Waals surface area (Å²) in [6.45, 7) is 4.34. The summed E-state index contributed by atoms with van der Waals surface area (Å²) in [4.78, 5) is 23.1. The van der Waals surface area contributed by atoms with Crippen molar-refractivity contribution in [2.45, 2.75) is 52.4 Å². The summed E-state index contributed by atoms with van der Waals surface area (Å²) in [5.41, 5.74) is 4.27. The van der Waals surface area contributed by atoms with Gasteiger partial charge in [-0.3, -0.25) is 0 Å². The Balaban J connectivity index is 2.08. The van der Waals surface area contributed by atoms with Crippen LogP contribution in [0.1, 0.15) is 50.7 Å². The van der Waals surface area contributed by atoms with Crippen molar-refractivity contribution in [3.8, 4) is 11.1 Å². The molecule has 0 aliphatic carbocycles. The first-order valence-electron chi connectivity index (χ1n) is 10.7. The molecule has 3 rings (SSSR count). The Hall–Kier alpha value is -1.99. The Labute approximate surface area is 175 Å². The highest BCUT2D eigenvalue weighted by molar-refractivity contribution is 7.79. The van der Waals surface area contributed by atoms with E-state index in [4.69, 9.17) is 0 Å². The van der Waals surface area contributed by atoms with Crippen LogP contribution in [0.3, 0.4) is 0 Å². The molecular formula is C26H32O2P+. The maximum absolute atomic E-state index is 11.6. The van der Waals surface area contributed by atoms with Crippen LogP contribution < -0.4 is 10.6 Å². The summed E-state index contributed by atoms with van der Waals surface area (Å²) < 4.78 is 0. The minimum absolute atomic E-state index is 0.626. The third-order valence-electron chi connectivity index (χ3n) is 5.43. The average molecular weight is 408 g/mol. The lowest BCUT2D eigenvalue weighted by molar-refractivity contribution is 0.478. The van der Waals surface area contributed by atoms with Gasteiger partial charge in [0.1, 0.15) is 0 Å². The second kappa shape index (κ2) is 10.2. The molecule has 0 bridgehead atoms. The van der Waals surface area contributed by atoms with E-state index >= 15 is 0 Å². The highest BCUT2D eigenvalue weighted by Gasteiger charge is 2.43. The summed E-state index contributed by atoms with van der Waals surface area (Å²) >= 11 is 0. The van der Waals surface area contributed by atoms with Gasteiger partial charge in [-0.25, -0.2) is 9.79 Å². The first kappa shape index (κ1) is 21.7. The van der Waals surface area contributed by atoms with Crippen LogP contribution in [0.15, 0.2) is 72.8 Å². The second-order valence-electron chi connectivity index (χ2n) is 7.65. The van der Waals surface area contributed by atoms with Crippen LogP contribution in [0.2, 0.25) is 0 Å². The first-order chi connectivity index (χ1) is 14.1. The highest BCUT2D eigenvalue weighted by atomic mass is 31.2. The zero-order valence-corrected chi connectivity index (χ0v) is 18.4. The third-order valence-corrected chi connectivity index (χ3v) is 7.62. The van der Waals surface area contributed by atoms with E-state index in [1.54, 1.807) is 0 Å². The molecule has 0 atom stereocenters. The number of aryl methyl sites for hydroxylation is 2. The fraction of sp³-hybridized carbons (Fsp3) is 0.308. The van der Waals surface area contributed by atoms with Crippen molar-refractivity contribution in [1.82, 2.24) is 0 Å². The Morgan fingerprint density at radius 3 is 1.79 bits per heavy atom. The lowest BCUT2D eigenvalue weighted by Crippen LogP contribution is -2.28. The predicted molar refractivity (Wildman–Crippen MR) is 126 cm³/mol. The van der Waals surface area contributed by atoms with Crippen LogP contribution in [0.4, 0.5) is 0 Å². The summed E-state index contributed by atoms with van der Waals surface area (Å²) in [5, 5.41) is 1.41. The molecule has 0 radical (unpaired) electrons.